The Morgan fingerprint density at radius 2 is 1.71 bits per heavy atom. The van der Waals surface area contributed by atoms with E-state index in [1.165, 1.54) is 6.21 Å². The molecular weight excluding hydrogens is 403 g/mol. The standard InChI is InChI=1S/C19H22N4O3.2ClH/c1-15(2)9-20-19(25)17-6-4-8-23(12-17)14-18(24)13-22-7-3-5-16(11-22)10-21-26;;/h3-8,10-12,15H,9,13-14H2,1-2H3;2*1H/b21-10+;;. The van der Waals surface area contributed by atoms with E-state index in [1.807, 2.05) is 13.8 Å². The van der Waals surface area contributed by atoms with Crippen LogP contribution in [-0.2, 0) is 17.9 Å². The quantitative estimate of drug-likeness (QED) is 0.191. The van der Waals surface area contributed by atoms with E-state index in [-0.39, 0.29) is 49.6 Å². The first-order valence-corrected chi connectivity index (χ1v) is 8.43. The topological polar surface area (TPSA) is 86.5 Å². The highest BCUT2D eigenvalue weighted by atomic mass is 35.5. The summed E-state index contributed by atoms with van der Waals surface area (Å²) < 4.78 is 3.42. The van der Waals surface area contributed by atoms with Crippen LogP contribution in [0.5, 0.6) is 0 Å². The summed E-state index contributed by atoms with van der Waals surface area (Å²) in [6.45, 7) is 5.02. The molecule has 7 nitrogen and oxygen atoms in total. The van der Waals surface area contributed by atoms with Gasteiger partial charge in [-0.15, -0.1) is 0 Å². The lowest BCUT2D eigenvalue weighted by Gasteiger charge is -2.06. The van der Waals surface area contributed by atoms with Gasteiger partial charge in [-0.05, 0) is 18.1 Å². The molecule has 0 atom stereocenters. The molecule has 0 aliphatic rings. The number of ketones is 1. The third-order valence-corrected chi connectivity index (χ3v) is 3.60. The van der Waals surface area contributed by atoms with E-state index in [0.29, 0.717) is 23.6 Å². The average molecular weight is 427 g/mol. The summed E-state index contributed by atoms with van der Waals surface area (Å²) in [5.41, 5.74) is 1.22. The highest BCUT2D eigenvalue weighted by Crippen LogP contribution is 1.96. The molecule has 0 radical (unpaired) electrons. The van der Waals surface area contributed by atoms with Gasteiger partial charge in [0, 0.05) is 18.7 Å². The van der Waals surface area contributed by atoms with Crippen molar-refractivity contribution < 1.29 is 48.7 Å². The smallest absolute Gasteiger partial charge is 0.261 e. The van der Waals surface area contributed by atoms with Crippen LogP contribution in [0.2, 0.25) is 0 Å². The van der Waals surface area contributed by atoms with Crippen LogP contribution in [0.15, 0.2) is 54.2 Å². The van der Waals surface area contributed by atoms with E-state index in [9.17, 15) is 9.59 Å². The highest BCUT2D eigenvalue weighted by Gasteiger charge is 2.17. The van der Waals surface area contributed by atoms with Crippen LogP contribution in [0.3, 0.4) is 0 Å². The van der Waals surface area contributed by atoms with Crippen LogP contribution < -0.4 is 39.3 Å². The number of nitrogens with one attached hydrogen (secondary N) is 1. The molecule has 0 aliphatic carbocycles. The first-order valence-electron chi connectivity index (χ1n) is 8.43. The zero-order valence-corrected chi connectivity index (χ0v) is 17.3. The fourth-order valence-electron chi connectivity index (χ4n) is 2.39. The van der Waals surface area contributed by atoms with Crippen molar-refractivity contribution in [2.75, 3.05) is 6.54 Å². The number of carbonyl (C=O) groups excluding carboxylic acids is 2. The van der Waals surface area contributed by atoms with Gasteiger partial charge in [-0.1, -0.05) is 19.0 Å². The predicted molar refractivity (Wildman–Crippen MR) is 94.8 cm³/mol. The van der Waals surface area contributed by atoms with Crippen molar-refractivity contribution in [1.29, 1.82) is 0 Å². The Labute approximate surface area is 176 Å². The van der Waals surface area contributed by atoms with Gasteiger partial charge in [0.1, 0.15) is 5.56 Å². The number of aromatic nitrogens is 2. The molecular formula is C19H24Cl2N4O3. The van der Waals surface area contributed by atoms with Gasteiger partial charge >= 0.3 is 0 Å². The maximum Gasteiger partial charge on any atom is 0.261 e. The van der Waals surface area contributed by atoms with E-state index in [4.69, 9.17) is 5.21 Å². The summed E-state index contributed by atoms with van der Waals surface area (Å²) in [5.74, 6) is 0.212. The second-order valence-electron chi connectivity index (χ2n) is 6.46. The van der Waals surface area contributed by atoms with Gasteiger partial charge in [0.15, 0.2) is 24.8 Å². The van der Waals surface area contributed by atoms with Gasteiger partial charge in [-0.25, -0.2) is 0 Å². The minimum atomic E-state index is -0.147. The third-order valence-electron chi connectivity index (χ3n) is 3.60. The molecule has 0 saturated heterocycles. The Balaban J connectivity index is 0.00000364. The summed E-state index contributed by atoms with van der Waals surface area (Å²) >= 11 is 0. The highest BCUT2D eigenvalue weighted by molar-refractivity contribution is 5.93. The zero-order valence-electron chi connectivity index (χ0n) is 15.8. The minimum Gasteiger partial charge on any atom is -1.00 e. The Kier molecular flexibility index (Phi) is 11.7. The molecule has 0 unspecified atom stereocenters. The molecule has 2 aromatic heterocycles. The van der Waals surface area contributed by atoms with Crippen molar-refractivity contribution >= 4 is 17.9 Å². The largest absolute Gasteiger partial charge is 1.00 e. The van der Waals surface area contributed by atoms with Crippen molar-refractivity contribution in [3.63, 3.8) is 0 Å². The molecule has 2 heterocycles. The van der Waals surface area contributed by atoms with Crippen molar-refractivity contribution in [3.8, 4) is 0 Å². The monoisotopic (exact) mass is 426 g/mol. The van der Waals surface area contributed by atoms with Crippen molar-refractivity contribution in [3.05, 3.63) is 60.2 Å². The first-order chi connectivity index (χ1) is 12.5. The Morgan fingerprint density at radius 1 is 1.11 bits per heavy atom. The summed E-state index contributed by atoms with van der Waals surface area (Å²) in [4.78, 5) is 24.5. The Morgan fingerprint density at radius 3 is 2.32 bits per heavy atom. The molecule has 2 N–H and O–H groups in total. The molecule has 0 fully saturated rings. The second-order valence-corrected chi connectivity index (χ2v) is 6.46. The van der Waals surface area contributed by atoms with Crippen LogP contribution in [-0.4, -0.2) is 29.7 Å². The van der Waals surface area contributed by atoms with E-state index in [1.54, 1.807) is 58.2 Å². The number of amides is 1. The van der Waals surface area contributed by atoms with Crippen molar-refractivity contribution in [2.45, 2.75) is 26.9 Å². The first kappa shape index (κ1) is 25.5. The zero-order chi connectivity index (χ0) is 18.9. The fraction of sp³-hybridized carbons (Fsp3) is 0.316. The van der Waals surface area contributed by atoms with E-state index in [2.05, 4.69) is 10.5 Å². The number of nitrogens with zero attached hydrogens (tertiary/aromatic N) is 3. The average Bonchev–Trinajstić information content (AvgIpc) is 2.60. The number of Topliss-reactive ketones (excluding diaryl/α,β-unsaturated/α-hetero) is 1. The summed E-state index contributed by atoms with van der Waals surface area (Å²) in [6.07, 6.45) is 8.23. The van der Waals surface area contributed by atoms with E-state index < -0.39 is 0 Å². The van der Waals surface area contributed by atoms with E-state index >= 15 is 0 Å². The molecule has 28 heavy (non-hydrogen) atoms. The van der Waals surface area contributed by atoms with Crippen LogP contribution in [0, 0.1) is 5.92 Å². The van der Waals surface area contributed by atoms with Crippen molar-refractivity contribution in [2.24, 2.45) is 11.1 Å². The molecule has 0 bridgehead atoms. The van der Waals surface area contributed by atoms with Gasteiger partial charge < -0.3 is 35.3 Å². The number of pyridine rings is 2. The lowest BCUT2D eigenvalue weighted by Crippen LogP contribution is -3.00. The molecule has 1 amide bonds. The molecule has 2 aromatic rings. The number of carbonyl (C=O) groups is 2. The van der Waals surface area contributed by atoms with Crippen LogP contribution in [0.25, 0.3) is 0 Å². The van der Waals surface area contributed by atoms with Crippen LogP contribution in [0.4, 0.5) is 0 Å². The second kappa shape index (κ2) is 12.8. The molecule has 2 rings (SSSR count). The summed E-state index contributed by atoms with van der Waals surface area (Å²) in [7, 11) is 0. The Bertz CT molecular complexity index is 813. The molecule has 0 aromatic carbocycles. The fourth-order valence-corrected chi connectivity index (χ4v) is 2.39. The molecule has 0 aliphatic heterocycles. The summed E-state index contributed by atoms with van der Waals surface area (Å²) in [5, 5.41) is 14.4. The third kappa shape index (κ3) is 8.45. The van der Waals surface area contributed by atoms with Crippen LogP contribution in [0.1, 0.15) is 29.8 Å². The molecule has 0 saturated carbocycles. The SMILES string of the molecule is CC(C)CNC(=O)c1ccc[n+](CC(=O)C[n+]2cccc(/C=N/O)c2)c1.[Cl-].[Cl-]. The lowest BCUT2D eigenvalue weighted by molar-refractivity contribution is -0.702. The summed E-state index contributed by atoms with van der Waals surface area (Å²) in [6, 6.07) is 7.03. The molecule has 9 heteroatoms. The minimum absolute atomic E-state index is 0. The maximum absolute atomic E-state index is 12.3. The molecule has 0 spiro atoms. The number of rotatable bonds is 8. The van der Waals surface area contributed by atoms with Crippen molar-refractivity contribution in [1.82, 2.24) is 5.32 Å². The predicted octanol–water partition coefficient (Wildman–Crippen LogP) is -5.27. The van der Waals surface area contributed by atoms with Gasteiger partial charge in [-0.3, -0.25) is 9.59 Å². The normalized spacial score (nSPS) is 10.2. The number of oxime groups is 1. The van der Waals surface area contributed by atoms with E-state index in [0.717, 1.165) is 0 Å². The van der Waals surface area contributed by atoms with Gasteiger partial charge in [0.25, 0.3) is 11.7 Å². The van der Waals surface area contributed by atoms with Gasteiger partial charge in [0.2, 0.25) is 13.1 Å². The van der Waals surface area contributed by atoms with Gasteiger partial charge in [0.05, 0.1) is 11.8 Å². The van der Waals surface area contributed by atoms with Crippen LogP contribution >= 0.6 is 0 Å². The number of hydrogen-bond acceptors (Lipinski definition) is 4. The lowest BCUT2D eigenvalue weighted by atomic mass is 10.2. The Hall–Kier alpha value is -2.51. The van der Waals surface area contributed by atoms with Gasteiger partial charge in [-0.2, -0.15) is 9.13 Å². The molecule has 152 valence electrons. The number of halogens is 2. The number of hydrogen-bond donors (Lipinski definition) is 2. The maximum atomic E-state index is 12.3.